The van der Waals surface area contributed by atoms with Crippen molar-refractivity contribution >= 4 is 22.4 Å². The van der Waals surface area contributed by atoms with Crippen LogP contribution in [0.2, 0.25) is 0 Å². The second-order valence-corrected chi connectivity index (χ2v) is 8.05. The van der Waals surface area contributed by atoms with E-state index in [-0.39, 0.29) is 5.91 Å². The molecule has 0 aliphatic carbocycles. The molecule has 1 aromatic carbocycles. The molecule has 1 amide bonds. The van der Waals surface area contributed by atoms with E-state index < -0.39 is 0 Å². The Labute approximate surface area is 182 Å². The highest BCUT2D eigenvalue weighted by atomic mass is 32.1. The second-order valence-electron chi connectivity index (χ2n) is 6.97. The average Bonchev–Trinajstić information content (AvgIpc) is 3.12. The van der Waals surface area contributed by atoms with Gasteiger partial charge in [-0.05, 0) is 45.9 Å². The molecule has 7 nitrogen and oxygen atoms in total. The third kappa shape index (κ3) is 5.23. The number of nitrogens with one attached hydrogen (secondary N) is 1. The number of anilines is 1. The van der Waals surface area contributed by atoms with E-state index in [9.17, 15) is 4.79 Å². The van der Waals surface area contributed by atoms with Gasteiger partial charge < -0.3 is 14.2 Å². The Bertz CT molecular complexity index is 841. The first kappa shape index (κ1) is 22.4. The fourth-order valence-electron chi connectivity index (χ4n) is 3.50. The number of carbonyl (C=O) groups excluding carboxylic acids is 1. The first-order chi connectivity index (χ1) is 14.6. The van der Waals surface area contributed by atoms with Crippen LogP contribution in [0.3, 0.4) is 0 Å². The second kappa shape index (κ2) is 10.6. The van der Waals surface area contributed by atoms with E-state index in [2.05, 4.69) is 22.1 Å². The van der Waals surface area contributed by atoms with Crippen molar-refractivity contribution in [2.24, 2.45) is 0 Å². The molecule has 8 heteroatoms. The number of rotatable bonds is 10. The first-order valence-corrected chi connectivity index (χ1v) is 11.5. The maximum absolute atomic E-state index is 13.0. The van der Waals surface area contributed by atoms with Gasteiger partial charge in [-0.2, -0.15) is 0 Å². The zero-order valence-corrected chi connectivity index (χ0v) is 19.1. The van der Waals surface area contributed by atoms with Crippen LogP contribution in [0.1, 0.15) is 55.0 Å². The summed E-state index contributed by atoms with van der Waals surface area (Å²) in [5.74, 6) is 1.29. The van der Waals surface area contributed by atoms with Crippen molar-refractivity contribution in [1.29, 1.82) is 0 Å². The van der Waals surface area contributed by atoms with Gasteiger partial charge in [-0.3, -0.25) is 15.0 Å². The molecule has 1 aromatic heterocycles. The van der Waals surface area contributed by atoms with Gasteiger partial charge in [0.05, 0.1) is 25.5 Å². The predicted molar refractivity (Wildman–Crippen MR) is 119 cm³/mol. The van der Waals surface area contributed by atoms with Gasteiger partial charge >= 0.3 is 0 Å². The molecule has 1 aliphatic rings. The van der Waals surface area contributed by atoms with E-state index in [0.29, 0.717) is 47.8 Å². The number of hydrogen-bond donors (Lipinski definition) is 1. The third-order valence-electron chi connectivity index (χ3n) is 4.74. The molecule has 0 saturated carbocycles. The maximum atomic E-state index is 13.0. The van der Waals surface area contributed by atoms with Crippen molar-refractivity contribution in [3.63, 3.8) is 0 Å². The fourth-order valence-corrected chi connectivity index (χ4v) is 4.54. The zero-order valence-electron chi connectivity index (χ0n) is 18.2. The number of benzene rings is 1. The molecule has 0 fully saturated rings. The average molecular weight is 434 g/mol. The highest BCUT2D eigenvalue weighted by molar-refractivity contribution is 7.15. The van der Waals surface area contributed by atoms with Crippen LogP contribution in [0.15, 0.2) is 12.1 Å². The molecular weight excluding hydrogens is 402 g/mol. The van der Waals surface area contributed by atoms with Crippen molar-refractivity contribution in [2.75, 3.05) is 38.2 Å². The van der Waals surface area contributed by atoms with Gasteiger partial charge in [0.25, 0.3) is 5.91 Å². The number of carbonyl (C=O) groups is 1. The normalized spacial score (nSPS) is 13.6. The van der Waals surface area contributed by atoms with Crippen LogP contribution in [0.4, 0.5) is 5.13 Å². The summed E-state index contributed by atoms with van der Waals surface area (Å²) in [6.45, 7) is 12.3. The molecule has 0 radical (unpaired) electrons. The molecular formula is C22H31N3O4S. The lowest BCUT2D eigenvalue weighted by Gasteiger charge is -2.24. The Balaban J connectivity index is 1.81. The van der Waals surface area contributed by atoms with E-state index in [4.69, 9.17) is 14.2 Å². The summed E-state index contributed by atoms with van der Waals surface area (Å²) in [7, 11) is 0. The number of thiazole rings is 1. The molecule has 2 heterocycles. The molecule has 3 rings (SSSR count). The molecule has 1 aliphatic heterocycles. The summed E-state index contributed by atoms with van der Waals surface area (Å²) in [4.78, 5) is 21.3. The first-order valence-electron chi connectivity index (χ1n) is 10.7. The van der Waals surface area contributed by atoms with E-state index in [1.165, 1.54) is 4.88 Å². The summed E-state index contributed by atoms with van der Waals surface area (Å²) in [5, 5.41) is 3.58. The lowest BCUT2D eigenvalue weighted by Crippen LogP contribution is -2.30. The van der Waals surface area contributed by atoms with E-state index in [0.717, 1.165) is 38.2 Å². The SMILES string of the molecule is CCCN1CCc2nc(NC(=O)c3cc(OCC)c(OCC)c(OCC)c3)sc2C1. The minimum atomic E-state index is -0.239. The van der Waals surface area contributed by atoms with Gasteiger partial charge in [-0.15, -0.1) is 11.3 Å². The largest absolute Gasteiger partial charge is 0.490 e. The molecule has 0 spiro atoms. The van der Waals surface area contributed by atoms with Crippen LogP contribution in [0.5, 0.6) is 17.2 Å². The molecule has 0 saturated heterocycles. The quantitative estimate of drug-likeness (QED) is 0.600. The Morgan fingerprint density at radius 2 is 1.77 bits per heavy atom. The third-order valence-corrected chi connectivity index (χ3v) is 5.74. The number of hydrogen-bond acceptors (Lipinski definition) is 7. The summed E-state index contributed by atoms with van der Waals surface area (Å²) in [6.07, 6.45) is 2.06. The molecule has 0 bridgehead atoms. The summed E-state index contributed by atoms with van der Waals surface area (Å²) in [6, 6.07) is 3.39. The Kier molecular flexibility index (Phi) is 7.93. The Morgan fingerprint density at radius 3 is 2.37 bits per heavy atom. The number of nitrogens with zero attached hydrogens (tertiary/aromatic N) is 2. The molecule has 164 valence electrons. The highest BCUT2D eigenvalue weighted by Crippen LogP contribution is 2.39. The van der Waals surface area contributed by atoms with Crippen molar-refractivity contribution in [2.45, 2.75) is 47.1 Å². The molecule has 1 N–H and O–H groups in total. The Morgan fingerprint density at radius 1 is 1.10 bits per heavy atom. The predicted octanol–water partition coefficient (Wildman–Crippen LogP) is 4.36. The number of ether oxygens (including phenoxy) is 3. The van der Waals surface area contributed by atoms with E-state index >= 15 is 0 Å². The standard InChI is InChI=1S/C22H31N3O4S/c1-5-10-25-11-9-16-19(14-25)30-22(23-16)24-21(26)15-12-17(27-6-2)20(29-8-4)18(13-15)28-7-3/h12-13H,5-11,14H2,1-4H3,(H,23,24,26). The van der Waals surface area contributed by atoms with Crippen LogP contribution >= 0.6 is 11.3 Å². The summed E-state index contributed by atoms with van der Waals surface area (Å²) >= 11 is 1.56. The highest BCUT2D eigenvalue weighted by Gasteiger charge is 2.22. The minimum absolute atomic E-state index is 0.239. The van der Waals surface area contributed by atoms with Gasteiger partial charge in [-0.25, -0.2) is 4.98 Å². The Hall–Kier alpha value is -2.32. The van der Waals surface area contributed by atoms with Gasteiger partial charge in [-0.1, -0.05) is 6.92 Å². The number of fused-ring (bicyclic) bond motifs is 1. The van der Waals surface area contributed by atoms with Crippen LogP contribution in [-0.4, -0.2) is 48.7 Å². The topological polar surface area (TPSA) is 72.9 Å². The van der Waals surface area contributed by atoms with Crippen LogP contribution in [0.25, 0.3) is 0 Å². The summed E-state index contributed by atoms with van der Waals surface area (Å²) < 4.78 is 17.1. The maximum Gasteiger partial charge on any atom is 0.257 e. The fraction of sp³-hybridized carbons (Fsp3) is 0.545. The van der Waals surface area contributed by atoms with Crippen molar-refractivity contribution < 1.29 is 19.0 Å². The monoisotopic (exact) mass is 433 g/mol. The smallest absolute Gasteiger partial charge is 0.257 e. The number of amides is 1. The minimum Gasteiger partial charge on any atom is -0.490 e. The van der Waals surface area contributed by atoms with Gasteiger partial charge in [0.2, 0.25) is 5.75 Å². The van der Waals surface area contributed by atoms with E-state index in [1.807, 2.05) is 20.8 Å². The van der Waals surface area contributed by atoms with Crippen molar-refractivity contribution in [3.05, 3.63) is 28.3 Å². The van der Waals surface area contributed by atoms with Gasteiger partial charge in [0, 0.05) is 30.0 Å². The number of aromatic nitrogens is 1. The lowest BCUT2D eigenvalue weighted by molar-refractivity contribution is 0.102. The zero-order chi connectivity index (χ0) is 21.5. The van der Waals surface area contributed by atoms with Crippen LogP contribution in [0, 0.1) is 0 Å². The van der Waals surface area contributed by atoms with Crippen LogP contribution in [-0.2, 0) is 13.0 Å². The molecule has 30 heavy (non-hydrogen) atoms. The molecule has 2 aromatic rings. The van der Waals surface area contributed by atoms with Crippen LogP contribution < -0.4 is 19.5 Å². The van der Waals surface area contributed by atoms with Gasteiger partial charge in [0.1, 0.15) is 0 Å². The lowest BCUT2D eigenvalue weighted by atomic mass is 10.1. The molecule has 0 atom stereocenters. The van der Waals surface area contributed by atoms with Crippen molar-refractivity contribution in [3.8, 4) is 17.2 Å². The van der Waals surface area contributed by atoms with Crippen molar-refractivity contribution in [1.82, 2.24) is 9.88 Å². The van der Waals surface area contributed by atoms with Gasteiger partial charge in [0.15, 0.2) is 16.6 Å². The molecule has 0 unspecified atom stereocenters. The summed E-state index contributed by atoms with van der Waals surface area (Å²) in [5.41, 5.74) is 1.55. The van der Waals surface area contributed by atoms with E-state index in [1.54, 1.807) is 23.5 Å².